The van der Waals surface area contributed by atoms with Crippen LogP contribution in [0.1, 0.15) is 0 Å². The molecule has 0 spiro atoms. The van der Waals surface area contributed by atoms with Crippen molar-refractivity contribution in [3.63, 3.8) is 0 Å². The molecule has 5 nitrogen and oxygen atoms in total. The van der Waals surface area contributed by atoms with Crippen LogP contribution in [0.5, 0.6) is 5.75 Å². The van der Waals surface area contributed by atoms with Crippen molar-refractivity contribution in [3.05, 3.63) is 18.2 Å². The molecule has 3 N–H and O–H groups in total. The molecule has 0 amide bonds. The Morgan fingerprint density at radius 1 is 1.53 bits per heavy atom. The third-order valence-corrected chi connectivity index (χ3v) is 1.82. The first kappa shape index (κ1) is 11.8. The Balaban J connectivity index is 0.00000112. The smallest absolute Gasteiger partial charge is 0.164 e. The van der Waals surface area contributed by atoms with E-state index in [2.05, 4.69) is 10.5 Å². The van der Waals surface area contributed by atoms with Crippen LogP contribution in [0.25, 0.3) is 0 Å². The Kier molecular flexibility index (Phi) is 3.96. The maximum Gasteiger partial charge on any atom is 0.164 e. The zero-order valence-corrected chi connectivity index (χ0v) is 9.24. The maximum absolute atomic E-state index is 5.61. The number of nitrogens with zero attached hydrogens (tertiary/aromatic N) is 1. The van der Waals surface area contributed by atoms with Crippen LogP contribution >= 0.6 is 0 Å². The summed E-state index contributed by atoms with van der Waals surface area (Å²) in [6.45, 7) is 0.365. The van der Waals surface area contributed by atoms with Crippen molar-refractivity contribution in [2.45, 2.75) is 0 Å². The Morgan fingerprint density at radius 3 is 3.07 bits per heavy atom. The van der Waals surface area contributed by atoms with Crippen LogP contribution in [0.2, 0.25) is 0 Å². The van der Waals surface area contributed by atoms with Crippen LogP contribution in [0.15, 0.2) is 23.2 Å². The van der Waals surface area contributed by atoms with E-state index in [4.69, 9.17) is 15.3 Å². The van der Waals surface area contributed by atoms with Crippen LogP contribution < -0.4 is 16.0 Å². The number of hydrogen-bond acceptors (Lipinski definition) is 5. The quantitative estimate of drug-likeness (QED) is 0.439. The number of fused-ring (bicyclic) bond motifs is 1. The van der Waals surface area contributed by atoms with Gasteiger partial charge in [-0.1, -0.05) is 0 Å². The van der Waals surface area contributed by atoms with E-state index in [1.165, 1.54) is 7.11 Å². The van der Waals surface area contributed by atoms with E-state index in [-0.39, 0.29) is 17.1 Å². The fourth-order valence-corrected chi connectivity index (χ4v) is 1.23. The number of anilines is 1. The van der Waals surface area contributed by atoms with Gasteiger partial charge in [-0.2, -0.15) is 0 Å². The number of nitrogen functional groups attached to an aromatic ring is 1. The first-order valence-corrected chi connectivity index (χ1v) is 4.18. The number of benzene rings is 1. The minimum absolute atomic E-state index is 0. The van der Waals surface area contributed by atoms with E-state index in [1.807, 2.05) is 0 Å². The second-order valence-corrected chi connectivity index (χ2v) is 2.88. The molecule has 82 valence electrons. The number of nitrogens with one attached hydrogen (secondary N) is 1. The monoisotopic (exact) mass is 249 g/mol. The van der Waals surface area contributed by atoms with Crippen molar-refractivity contribution in [1.82, 2.24) is 5.48 Å². The molecule has 0 radical (unpaired) electrons. The minimum Gasteiger partial charge on any atom is -0.483 e. The number of aliphatic imine (C=N–C) groups is 1. The molecule has 0 atom stereocenters. The molecule has 1 heterocycles. The Morgan fingerprint density at radius 2 is 2.33 bits per heavy atom. The molecular weight excluding hydrogens is 238 g/mol. The van der Waals surface area contributed by atoms with Crippen molar-refractivity contribution < 1.29 is 26.6 Å². The average Bonchev–Trinajstić information content (AvgIpc) is 2.19. The zero-order chi connectivity index (χ0) is 9.97. The molecule has 0 bridgehead atoms. The van der Waals surface area contributed by atoms with Crippen molar-refractivity contribution in [1.29, 1.82) is 0 Å². The summed E-state index contributed by atoms with van der Waals surface area (Å²) in [4.78, 5) is 9.01. The van der Waals surface area contributed by atoms with Crippen LogP contribution in [-0.2, 0) is 21.9 Å². The summed E-state index contributed by atoms with van der Waals surface area (Å²) in [7, 11) is 1.53. The summed E-state index contributed by atoms with van der Waals surface area (Å²) >= 11 is 0. The first-order chi connectivity index (χ1) is 6.79. The van der Waals surface area contributed by atoms with Crippen LogP contribution in [0.4, 0.5) is 11.4 Å². The molecule has 0 aliphatic carbocycles. The largest absolute Gasteiger partial charge is 0.483 e. The summed E-state index contributed by atoms with van der Waals surface area (Å²) in [6.07, 6.45) is 0. The molecule has 0 saturated carbocycles. The minimum atomic E-state index is 0. The van der Waals surface area contributed by atoms with Crippen molar-refractivity contribution in [2.75, 3.05) is 19.5 Å². The second kappa shape index (κ2) is 5.02. The molecule has 6 heteroatoms. The van der Waals surface area contributed by atoms with Crippen molar-refractivity contribution >= 4 is 17.2 Å². The summed E-state index contributed by atoms with van der Waals surface area (Å²) in [6, 6.07) is 5.34. The van der Waals surface area contributed by atoms with Gasteiger partial charge < -0.3 is 10.5 Å². The molecule has 0 aromatic heterocycles. The molecule has 15 heavy (non-hydrogen) atoms. The van der Waals surface area contributed by atoms with Gasteiger partial charge in [0.2, 0.25) is 0 Å². The van der Waals surface area contributed by atoms with E-state index < -0.39 is 0 Å². The summed E-state index contributed by atoms with van der Waals surface area (Å²) in [5.41, 5.74) is 9.66. The van der Waals surface area contributed by atoms with Gasteiger partial charge in [-0.15, -0.1) is 0 Å². The summed E-state index contributed by atoms with van der Waals surface area (Å²) in [5, 5.41) is 0. The normalized spacial score (nSPS) is 13.0. The molecule has 0 unspecified atom stereocenters. The number of amidine groups is 1. The van der Waals surface area contributed by atoms with Crippen LogP contribution in [0, 0.1) is 0 Å². The molecule has 2 rings (SSSR count). The maximum atomic E-state index is 5.61. The topological polar surface area (TPSA) is 68.9 Å². The van der Waals surface area contributed by atoms with Gasteiger partial charge in [0.1, 0.15) is 18.0 Å². The first-order valence-electron chi connectivity index (χ1n) is 4.18. The number of nitrogens with two attached hydrogens (primary N) is 1. The van der Waals surface area contributed by atoms with Gasteiger partial charge in [-0.3, -0.25) is 10.3 Å². The van der Waals surface area contributed by atoms with Gasteiger partial charge in [0, 0.05) is 28.8 Å². The van der Waals surface area contributed by atoms with Crippen molar-refractivity contribution in [3.8, 4) is 5.75 Å². The van der Waals surface area contributed by atoms with Crippen molar-refractivity contribution in [2.24, 2.45) is 4.99 Å². The molecule has 0 saturated heterocycles. The van der Waals surface area contributed by atoms with Gasteiger partial charge in [0.25, 0.3) is 0 Å². The second-order valence-electron chi connectivity index (χ2n) is 2.88. The number of hydroxylamine groups is 1. The fraction of sp³-hybridized carbons (Fsp3) is 0.222. The predicted molar refractivity (Wildman–Crippen MR) is 53.6 cm³/mol. The third-order valence-electron chi connectivity index (χ3n) is 1.82. The third kappa shape index (κ3) is 2.62. The molecule has 1 aliphatic heterocycles. The Hall–Kier alpha value is -1.23. The Bertz CT molecular complexity index is 382. The van der Waals surface area contributed by atoms with E-state index in [1.54, 1.807) is 18.2 Å². The van der Waals surface area contributed by atoms with E-state index in [0.29, 0.717) is 23.9 Å². The zero-order valence-electron chi connectivity index (χ0n) is 8.13. The van der Waals surface area contributed by atoms with Gasteiger partial charge in [-0.05, 0) is 12.1 Å². The number of ether oxygens (including phenoxy) is 1. The molecule has 1 aliphatic rings. The summed E-state index contributed by atoms with van der Waals surface area (Å²) < 4.78 is 5.42. The average molecular weight is 249 g/mol. The van der Waals surface area contributed by atoms with Gasteiger partial charge in [0.05, 0.1) is 7.11 Å². The molecule has 1 aromatic rings. The molecule has 1 aromatic carbocycles. The standard InChI is InChI=1S/C9H11N3O2.Fe/c1-13-12-9-5-14-8-4-6(10)2-3-7(8)11-9;/h2-4H,5,10H2,1H3,(H,11,12);. The van der Waals surface area contributed by atoms with E-state index in [0.717, 1.165) is 5.69 Å². The Labute approximate surface area is 98.1 Å². The molecular formula is C9H11FeN3O2. The molecule has 0 fully saturated rings. The van der Waals surface area contributed by atoms with Crippen LogP contribution in [-0.4, -0.2) is 19.6 Å². The fourth-order valence-electron chi connectivity index (χ4n) is 1.23. The van der Waals surface area contributed by atoms with Crippen LogP contribution in [0.3, 0.4) is 0 Å². The van der Waals surface area contributed by atoms with E-state index >= 15 is 0 Å². The number of hydrogen-bond donors (Lipinski definition) is 2. The van der Waals surface area contributed by atoms with Gasteiger partial charge in [-0.25, -0.2) is 4.99 Å². The van der Waals surface area contributed by atoms with E-state index in [9.17, 15) is 0 Å². The predicted octanol–water partition coefficient (Wildman–Crippen LogP) is 0.840. The van der Waals surface area contributed by atoms with Gasteiger partial charge in [0.15, 0.2) is 5.84 Å². The number of rotatable bonds is 1. The SMILES string of the molecule is CONC1=Nc2ccc(N)cc2OC1.[Fe]. The van der Waals surface area contributed by atoms with Gasteiger partial charge >= 0.3 is 0 Å². The summed E-state index contributed by atoms with van der Waals surface area (Å²) in [5.74, 6) is 1.34.